The predicted molar refractivity (Wildman–Crippen MR) is 96.1 cm³/mol. The van der Waals surface area contributed by atoms with Gasteiger partial charge in [-0.05, 0) is 19.3 Å². The Bertz CT molecular complexity index is 358. The van der Waals surface area contributed by atoms with Crippen LogP contribution in [0.15, 0.2) is 4.99 Å². The van der Waals surface area contributed by atoms with E-state index in [9.17, 15) is 8.42 Å². The summed E-state index contributed by atoms with van der Waals surface area (Å²) < 4.78 is 21.6. The van der Waals surface area contributed by atoms with Gasteiger partial charge in [0.05, 0.1) is 5.75 Å². The molecule has 6 nitrogen and oxygen atoms in total. The zero-order valence-electron chi connectivity index (χ0n) is 12.7. The minimum Gasteiger partial charge on any atom is -0.357 e. The van der Waals surface area contributed by atoms with E-state index in [0.29, 0.717) is 5.96 Å². The van der Waals surface area contributed by atoms with Crippen molar-refractivity contribution in [2.24, 2.45) is 16.0 Å². The Morgan fingerprint density at radius 1 is 1.25 bits per heavy atom. The van der Waals surface area contributed by atoms with Gasteiger partial charge in [-0.25, -0.2) is 13.6 Å². The van der Waals surface area contributed by atoms with E-state index in [1.54, 1.807) is 0 Å². The average molecular weight is 420 g/mol. The molecule has 0 unspecified atom stereocenters. The van der Waals surface area contributed by atoms with Gasteiger partial charge in [0.1, 0.15) is 0 Å². The third-order valence-corrected chi connectivity index (χ3v) is 3.26. The fourth-order valence-electron chi connectivity index (χ4n) is 1.51. The summed E-state index contributed by atoms with van der Waals surface area (Å²) >= 11 is 0. The fourth-order valence-corrected chi connectivity index (χ4v) is 1.90. The SMILES string of the molecule is CCNC(=NCCCCC(C)C)NCCS(N)(=O)=O.I. The molecule has 8 heteroatoms. The van der Waals surface area contributed by atoms with E-state index in [1.807, 2.05) is 6.92 Å². The number of guanidine groups is 1. The zero-order valence-corrected chi connectivity index (χ0v) is 15.8. The maximum Gasteiger partial charge on any atom is 0.210 e. The van der Waals surface area contributed by atoms with Crippen molar-refractivity contribution >= 4 is 40.0 Å². The Kier molecular flexibility index (Phi) is 14.0. The van der Waals surface area contributed by atoms with E-state index in [1.165, 1.54) is 6.42 Å². The number of nitrogens with two attached hydrogens (primary N) is 1. The fraction of sp³-hybridized carbons (Fsp3) is 0.917. The smallest absolute Gasteiger partial charge is 0.210 e. The molecule has 0 spiro atoms. The zero-order chi connectivity index (χ0) is 14.7. The molecule has 0 aromatic carbocycles. The van der Waals surface area contributed by atoms with E-state index in [0.717, 1.165) is 31.8 Å². The normalized spacial score (nSPS) is 12.2. The van der Waals surface area contributed by atoms with Crippen molar-refractivity contribution in [1.82, 2.24) is 10.6 Å². The lowest BCUT2D eigenvalue weighted by Gasteiger charge is -2.10. The highest BCUT2D eigenvalue weighted by atomic mass is 127. The molecule has 0 fully saturated rings. The summed E-state index contributed by atoms with van der Waals surface area (Å²) in [6, 6.07) is 0. The highest BCUT2D eigenvalue weighted by Gasteiger charge is 2.03. The molecule has 4 N–H and O–H groups in total. The molecule has 0 atom stereocenters. The van der Waals surface area contributed by atoms with E-state index in [2.05, 4.69) is 29.5 Å². The van der Waals surface area contributed by atoms with Crippen LogP contribution in [0, 0.1) is 5.92 Å². The van der Waals surface area contributed by atoms with Crippen LogP contribution >= 0.6 is 24.0 Å². The van der Waals surface area contributed by atoms with E-state index >= 15 is 0 Å². The summed E-state index contributed by atoms with van der Waals surface area (Å²) in [4.78, 5) is 4.39. The second kappa shape index (κ2) is 12.6. The van der Waals surface area contributed by atoms with Gasteiger partial charge in [0.25, 0.3) is 0 Å². The molecular weight excluding hydrogens is 391 g/mol. The molecule has 122 valence electrons. The van der Waals surface area contributed by atoms with Crippen LogP contribution in [-0.4, -0.2) is 39.8 Å². The van der Waals surface area contributed by atoms with Gasteiger partial charge in [0.15, 0.2) is 5.96 Å². The average Bonchev–Trinajstić information content (AvgIpc) is 2.26. The Balaban J connectivity index is 0. The number of halogens is 1. The van der Waals surface area contributed by atoms with Crippen LogP contribution in [-0.2, 0) is 10.0 Å². The molecule has 0 aromatic rings. The van der Waals surface area contributed by atoms with Gasteiger partial charge in [0.2, 0.25) is 10.0 Å². The summed E-state index contributed by atoms with van der Waals surface area (Å²) in [5.41, 5.74) is 0. The number of unbranched alkanes of at least 4 members (excludes halogenated alkanes) is 1. The van der Waals surface area contributed by atoms with Gasteiger partial charge in [-0.3, -0.25) is 4.99 Å². The summed E-state index contributed by atoms with van der Waals surface area (Å²) in [5.74, 6) is 1.28. The number of primary sulfonamides is 1. The van der Waals surface area contributed by atoms with E-state index < -0.39 is 10.0 Å². The number of hydrogen-bond acceptors (Lipinski definition) is 3. The first-order valence-electron chi connectivity index (χ1n) is 6.87. The van der Waals surface area contributed by atoms with Crippen LogP contribution < -0.4 is 15.8 Å². The number of sulfonamides is 1. The number of aliphatic imine (C=N–C) groups is 1. The van der Waals surface area contributed by atoms with Crippen LogP contribution in [0.1, 0.15) is 40.0 Å². The molecule has 0 saturated carbocycles. The van der Waals surface area contributed by atoms with E-state index in [4.69, 9.17) is 5.14 Å². The van der Waals surface area contributed by atoms with Crippen LogP contribution in [0.5, 0.6) is 0 Å². The number of nitrogens with zero attached hydrogens (tertiary/aromatic N) is 1. The van der Waals surface area contributed by atoms with Gasteiger partial charge >= 0.3 is 0 Å². The van der Waals surface area contributed by atoms with Crippen molar-refractivity contribution in [2.45, 2.75) is 40.0 Å². The predicted octanol–water partition coefficient (Wildman–Crippen LogP) is 1.27. The van der Waals surface area contributed by atoms with Crippen molar-refractivity contribution in [1.29, 1.82) is 0 Å². The molecule has 0 aliphatic carbocycles. The van der Waals surface area contributed by atoms with Crippen LogP contribution in [0.25, 0.3) is 0 Å². The molecule has 0 amide bonds. The minimum absolute atomic E-state index is 0. The summed E-state index contributed by atoms with van der Waals surface area (Å²) in [5, 5.41) is 11.0. The van der Waals surface area contributed by atoms with Gasteiger partial charge in [0, 0.05) is 19.6 Å². The molecule has 0 saturated heterocycles. The second-order valence-corrected chi connectivity index (χ2v) is 6.68. The van der Waals surface area contributed by atoms with Gasteiger partial charge in [-0.15, -0.1) is 24.0 Å². The van der Waals surface area contributed by atoms with Crippen molar-refractivity contribution in [3.8, 4) is 0 Å². The van der Waals surface area contributed by atoms with Crippen molar-refractivity contribution in [3.05, 3.63) is 0 Å². The highest BCUT2D eigenvalue weighted by Crippen LogP contribution is 2.05. The van der Waals surface area contributed by atoms with Crippen molar-refractivity contribution in [3.63, 3.8) is 0 Å². The number of nitrogens with one attached hydrogen (secondary N) is 2. The van der Waals surface area contributed by atoms with E-state index in [-0.39, 0.29) is 36.3 Å². The standard InChI is InChI=1S/C12H28N4O2S.HI/c1-4-14-12(16-9-10-19(13,17)18)15-8-6-5-7-11(2)3;/h11H,4-10H2,1-3H3,(H2,13,17,18)(H2,14,15,16);1H. The summed E-state index contributed by atoms with van der Waals surface area (Å²) in [7, 11) is -3.42. The topological polar surface area (TPSA) is 96.6 Å². The summed E-state index contributed by atoms with van der Waals surface area (Å²) in [6.45, 7) is 8.15. The number of rotatable bonds is 9. The Hall–Kier alpha value is -0.0900. The Morgan fingerprint density at radius 3 is 2.40 bits per heavy atom. The van der Waals surface area contributed by atoms with Crippen LogP contribution in [0.3, 0.4) is 0 Å². The third-order valence-electron chi connectivity index (χ3n) is 2.48. The van der Waals surface area contributed by atoms with Gasteiger partial charge < -0.3 is 10.6 Å². The Morgan fingerprint density at radius 2 is 1.90 bits per heavy atom. The third kappa shape index (κ3) is 16.0. The molecule has 0 rings (SSSR count). The second-order valence-electron chi connectivity index (χ2n) is 4.94. The lowest BCUT2D eigenvalue weighted by molar-refractivity contribution is 0.541. The molecule has 0 aliphatic heterocycles. The lowest BCUT2D eigenvalue weighted by atomic mass is 10.1. The Labute approximate surface area is 140 Å². The molecule has 20 heavy (non-hydrogen) atoms. The minimum atomic E-state index is -3.42. The van der Waals surface area contributed by atoms with Crippen LogP contribution in [0.2, 0.25) is 0 Å². The van der Waals surface area contributed by atoms with Crippen LogP contribution in [0.4, 0.5) is 0 Å². The van der Waals surface area contributed by atoms with Gasteiger partial charge in [-0.1, -0.05) is 26.7 Å². The van der Waals surface area contributed by atoms with Gasteiger partial charge in [-0.2, -0.15) is 0 Å². The quantitative estimate of drug-likeness (QED) is 0.227. The first kappa shape index (κ1) is 22.2. The first-order valence-corrected chi connectivity index (χ1v) is 8.59. The molecule has 0 bridgehead atoms. The lowest BCUT2D eigenvalue weighted by Crippen LogP contribution is -2.40. The number of hydrogen-bond donors (Lipinski definition) is 3. The molecule has 0 aromatic heterocycles. The summed E-state index contributed by atoms with van der Waals surface area (Å²) in [6.07, 6.45) is 3.42. The van der Waals surface area contributed by atoms with Crippen molar-refractivity contribution < 1.29 is 8.42 Å². The largest absolute Gasteiger partial charge is 0.357 e. The molecule has 0 radical (unpaired) electrons. The highest BCUT2D eigenvalue weighted by molar-refractivity contribution is 14.0. The monoisotopic (exact) mass is 420 g/mol. The molecule has 0 heterocycles. The maximum atomic E-state index is 10.8. The molecular formula is C12H29IN4O2S. The molecule has 0 aliphatic rings. The maximum absolute atomic E-state index is 10.8. The van der Waals surface area contributed by atoms with Crippen molar-refractivity contribution in [2.75, 3.05) is 25.4 Å². The first-order chi connectivity index (χ1) is 8.85.